The highest BCUT2D eigenvalue weighted by atomic mass is 32.1. The van der Waals surface area contributed by atoms with Crippen LogP contribution in [0.5, 0.6) is 0 Å². The molecule has 2 rings (SSSR count). The van der Waals surface area contributed by atoms with Gasteiger partial charge in [0.2, 0.25) is 5.91 Å². The zero-order valence-corrected chi connectivity index (χ0v) is 19.9. The zero-order chi connectivity index (χ0) is 24.4. The van der Waals surface area contributed by atoms with Crippen molar-refractivity contribution < 1.29 is 23.9 Å². The molecule has 2 atom stereocenters. The summed E-state index contributed by atoms with van der Waals surface area (Å²) in [4.78, 5) is 55.1. The molecule has 0 aliphatic carbocycles. The van der Waals surface area contributed by atoms with Crippen molar-refractivity contribution in [3.8, 4) is 0 Å². The second kappa shape index (κ2) is 12.8. The van der Waals surface area contributed by atoms with Crippen LogP contribution in [0.25, 0.3) is 0 Å². The van der Waals surface area contributed by atoms with Crippen LogP contribution in [0.3, 0.4) is 0 Å². The van der Waals surface area contributed by atoms with Gasteiger partial charge in [-0.3, -0.25) is 14.4 Å². The molecule has 0 fully saturated rings. The van der Waals surface area contributed by atoms with Crippen LogP contribution in [0.15, 0.2) is 42.1 Å². The van der Waals surface area contributed by atoms with Gasteiger partial charge in [0.05, 0.1) is 18.7 Å². The summed E-state index contributed by atoms with van der Waals surface area (Å²) in [6.07, 6.45) is 4.60. The van der Waals surface area contributed by atoms with Gasteiger partial charge in [0.25, 0.3) is 11.8 Å². The molecule has 1 aliphatic heterocycles. The molecule has 33 heavy (non-hydrogen) atoms. The van der Waals surface area contributed by atoms with E-state index in [4.69, 9.17) is 4.74 Å². The smallest absolute Gasteiger partial charge is 0.329 e. The second-order valence-electron chi connectivity index (χ2n) is 7.76. The van der Waals surface area contributed by atoms with Crippen LogP contribution in [-0.4, -0.2) is 46.6 Å². The van der Waals surface area contributed by atoms with Crippen molar-refractivity contribution >= 4 is 36.3 Å². The number of esters is 1. The molecule has 178 valence electrons. The molecule has 0 saturated carbocycles. The standard InChI is InChI=1S/C23H30N4O5S/c1-4-17-21(29)27-20(14(2)3)23(31)32-16(9-5-6-11-33)12-19(28)24-13-15-8-7-10-18(25-15)22(30)26-17/h4-5,7-10,14,16,20,33H,6,11-13H2,1-3H3,(H,24,28)(H,26,30)(H,27,29)/b9-5+,17-4-/t16-,20+/m1/s1. The highest BCUT2D eigenvalue weighted by molar-refractivity contribution is 7.80. The predicted molar refractivity (Wildman–Crippen MR) is 126 cm³/mol. The number of nitrogens with zero attached hydrogens (tertiary/aromatic N) is 1. The van der Waals surface area contributed by atoms with Crippen molar-refractivity contribution in [3.63, 3.8) is 0 Å². The Morgan fingerprint density at radius 1 is 1.21 bits per heavy atom. The van der Waals surface area contributed by atoms with E-state index in [9.17, 15) is 19.2 Å². The molecule has 0 unspecified atom stereocenters. The van der Waals surface area contributed by atoms with Crippen molar-refractivity contribution in [2.45, 2.75) is 52.3 Å². The normalized spacial score (nSPS) is 22.2. The summed E-state index contributed by atoms with van der Waals surface area (Å²) in [5.74, 6) is -1.95. The Kier molecular flexibility index (Phi) is 10.1. The molecule has 3 amide bonds. The number of rotatable bonds is 4. The third-order valence-electron chi connectivity index (χ3n) is 4.80. The Bertz CT molecular complexity index is 945. The molecule has 1 aliphatic rings. The number of hydrogen-bond donors (Lipinski definition) is 4. The van der Waals surface area contributed by atoms with Crippen LogP contribution in [0.2, 0.25) is 0 Å². The lowest BCUT2D eigenvalue weighted by molar-refractivity contribution is -0.153. The van der Waals surface area contributed by atoms with Gasteiger partial charge in [-0.1, -0.05) is 32.1 Å². The first-order valence-corrected chi connectivity index (χ1v) is 11.4. The minimum absolute atomic E-state index is 0.0173. The molecule has 0 spiro atoms. The largest absolute Gasteiger partial charge is 0.456 e. The molecule has 0 saturated heterocycles. The van der Waals surface area contributed by atoms with E-state index in [2.05, 4.69) is 33.6 Å². The first-order valence-electron chi connectivity index (χ1n) is 10.7. The second-order valence-corrected chi connectivity index (χ2v) is 8.21. The molecule has 0 aromatic carbocycles. The van der Waals surface area contributed by atoms with Crippen LogP contribution in [0, 0.1) is 5.92 Å². The van der Waals surface area contributed by atoms with E-state index in [1.807, 2.05) is 0 Å². The highest BCUT2D eigenvalue weighted by Gasteiger charge is 2.29. The summed E-state index contributed by atoms with van der Waals surface area (Å²) in [7, 11) is 0. The van der Waals surface area contributed by atoms with Gasteiger partial charge in [-0.05, 0) is 43.2 Å². The average molecular weight is 475 g/mol. The maximum absolute atomic E-state index is 12.9. The van der Waals surface area contributed by atoms with Crippen molar-refractivity contribution in [1.82, 2.24) is 20.9 Å². The van der Waals surface area contributed by atoms with Gasteiger partial charge in [0, 0.05) is 0 Å². The van der Waals surface area contributed by atoms with Crippen molar-refractivity contribution in [3.05, 3.63) is 53.5 Å². The van der Waals surface area contributed by atoms with Gasteiger partial charge in [-0.2, -0.15) is 12.6 Å². The first-order chi connectivity index (χ1) is 15.7. The number of nitrogens with one attached hydrogen (secondary N) is 3. The summed E-state index contributed by atoms with van der Waals surface area (Å²) in [6, 6.07) is 3.83. The fraction of sp³-hybridized carbons (Fsp3) is 0.435. The van der Waals surface area contributed by atoms with Gasteiger partial charge >= 0.3 is 5.97 Å². The monoisotopic (exact) mass is 474 g/mol. The van der Waals surface area contributed by atoms with E-state index in [1.165, 1.54) is 12.1 Å². The van der Waals surface area contributed by atoms with Crippen LogP contribution < -0.4 is 16.0 Å². The van der Waals surface area contributed by atoms with Crippen molar-refractivity contribution in [1.29, 1.82) is 0 Å². The Hall–Kier alpha value is -3.14. The number of ether oxygens (including phenoxy) is 1. The zero-order valence-electron chi connectivity index (χ0n) is 19.0. The summed E-state index contributed by atoms with van der Waals surface area (Å²) in [5, 5.41) is 7.87. The Morgan fingerprint density at radius 2 is 1.97 bits per heavy atom. The SMILES string of the molecule is C/C=C1\NC(=O)c2cccc(n2)CNC(=O)C[C@@H](/C=C/CCS)OC(=O)[C@H](C(C)C)NC1=O. The molecule has 2 heterocycles. The summed E-state index contributed by atoms with van der Waals surface area (Å²) >= 11 is 4.15. The predicted octanol–water partition coefficient (Wildman–Crippen LogP) is 1.66. The number of pyridine rings is 1. The van der Waals surface area contributed by atoms with E-state index in [0.717, 1.165) is 0 Å². The van der Waals surface area contributed by atoms with E-state index in [0.29, 0.717) is 17.9 Å². The van der Waals surface area contributed by atoms with E-state index < -0.39 is 29.9 Å². The molecular weight excluding hydrogens is 444 g/mol. The summed E-state index contributed by atoms with van der Waals surface area (Å²) in [5.41, 5.74) is 0.540. The van der Waals surface area contributed by atoms with E-state index >= 15 is 0 Å². The Labute approximate surface area is 198 Å². The molecule has 3 N–H and O–H groups in total. The maximum atomic E-state index is 12.9. The van der Waals surface area contributed by atoms with E-state index in [1.54, 1.807) is 45.1 Å². The number of aromatic nitrogens is 1. The molecular formula is C23H30N4O5S. The third-order valence-corrected chi connectivity index (χ3v) is 5.05. The Balaban J connectivity index is 2.39. The lowest BCUT2D eigenvalue weighted by Gasteiger charge is -2.24. The van der Waals surface area contributed by atoms with Gasteiger partial charge < -0.3 is 20.7 Å². The molecule has 2 bridgehead atoms. The van der Waals surface area contributed by atoms with Crippen LogP contribution in [0.1, 0.15) is 49.8 Å². The van der Waals surface area contributed by atoms with E-state index in [-0.39, 0.29) is 36.2 Å². The first kappa shape index (κ1) is 26.1. The average Bonchev–Trinajstić information content (AvgIpc) is 2.78. The molecule has 1 aromatic heterocycles. The number of amides is 3. The summed E-state index contributed by atoms with van der Waals surface area (Å²) in [6.45, 7) is 5.20. The van der Waals surface area contributed by atoms with Crippen molar-refractivity contribution in [2.75, 3.05) is 5.75 Å². The molecule has 0 radical (unpaired) electrons. The minimum Gasteiger partial charge on any atom is -0.456 e. The van der Waals surface area contributed by atoms with Gasteiger partial charge in [0.1, 0.15) is 23.5 Å². The summed E-state index contributed by atoms with van der Waals surface area (Å²) < 4.78 is 5.58. The lowest BCUT2D eigenvalue weighted by atomic mass is 10.0. The number of hydrogen-bond acceptors (Lipinski definition) is 7. The van der Waals surface area contributed by atoms with Gasteiger partial charge in [-0.25, -0.2) is 9.78 Å². The third kappa shape index (κ3) is 8.05. The van der Waals surface area contributed by atoms with Gasteiger partial charge in [-0.15, -0.1) is 0 Å². The molecule has 10 heteroatoms. The lowest BCUT2D eigenvalue weighted by Crippen LogP contribution is -2.48. The number of allylic oxidation sites excluding steroid dienone is 2. The number of carbonyl (C=O) groups excluding carboxylic acids is 4. The topological polar surface area (TPSA) is 126 Å². The molecule has 1 aromatic rings. The molecule has 9 nitrogen and oxygen atoms in total. The van der Waals surface area contributed by atoms with Crippen LogP contribution in [0.4, 0.5) is 0 Å². The minimum atomic E-state index is -0.984. The number of thiol groups is 1. The number of fused-ring (bicyclic) bond motifs is 2. The number of cyclic esters (lactones) is 1. The van der Waals surface area contributed by atoms with Crippen LogP contribution >= 0.6 is 12.6 Å². The number of carbonyl (C=O) groups is 4. The maximum Gasteiger partial charge on any atom is 0.329 e. The van der Waals surface area contributed by atoms with Crippen molar-refractivity contribution in [2.24, 2.45) is 5.92 Å². The Morgan fingerprint density at radius 3 is 2.64 bits per heavy atom. The fourth-order valence-electron chi connectivity index (χ4n) is 3.01. The quantitative estimate of drug-likeness (QED) is 0.228. The van der Waals surface area contributed by atoms with Gasteiger partial charge in [0.15, 0.2) is 0 Å². The fourth-order valence-corrected chi connectivity index (χ4v) is 3.15. The highest BCUT2D eigenvalue weighted by Crippen LogP contribution is 2.11. The van der Waals surface area contributed by atoms with Crippen LogP contribution in [-0.2, 0) is 25.7 Å².